The van der Waals surface area contributed by atoms with Crippen molar-refractivity contribution in [2.24, 2.45) is 0 Å². The topological polar surface area (TPSA) is 58.1 Å². The van der Waals surface area contributed by atoms with Crippen molar-refractivity contribution in [3.8, 4) is 0 Å². The molecule has 0 bridgehead atoms. The Balaban J connectivity index is 1.77. The summed E-state index contributed by atoms with van der Waals surface area (Å²) in [4.78, 5) is 22.2. The van der Waals surface area contributed by atoms with Crippen LogP contribution in [-0.2, 0) is 4.79 Å². The van der Waals surface area contributed by atoms with Gasteiger partial charge >= 0.3 is 0 Å². The average Bonchev–Trinajstić information content (AvgIpc) is 3.14. The quantitative estimate of drug-likeness (QED) is 0.832. The van der Waals surface area contributed by atoms with E-state index in [9.17, 15) is 4.79 Å². The first-order chi connectivity index (χ1) is 8.68. The number of nitrogens with zero attached hydrogens (tertiary/aromatic N) is 3. The van der Waals surface area contributed by atoms with Crippen LogP contribution in [0.5, 0.6) is 0 Å². The van der Waals surface area contributed by atoms with Crippen LogP contribution in [0.4, 0.5) is 5.95 Å². The lowest BCUT2D eigenvalue weighted by atomic mass is 10.2. The summed E-state index contributed by atoms with van der Waals surface area (Å²) in [6, 6.07) is 2.53. The van der Waals surface area contributed by atoms with Crippen molar-refractivity contribution < 1.29 is 4.79 Å². The summed E-state index contributed by atoms with van der Waals surface area (Å²) in [5.41, 5.74) is 0. The zero-order valence-electron chi connectivity index (χ0n) is 11.0. The number of hydrogen-bond donors (Lipinski definition) is 1. The molecule has 5 nitrogen and oxygen atoms in total. The molecule has 1 aliphatic carbocycles. The summed E-state index contributed by atoms with van der Waals surface area (Å²) in [5, 5.41) is 3.06. The van der Waals surface area contributed by atoms with Crippen LogP contribution in [-0.4, -0.2) is 39.4 Å². The minimum Gasteiger partial charge on any atom is -0.354 e. The molecule has 1 aromatic heterocycles. The number of nitrogens with one attached hydrogen (secondary N) is 1. The number of hydrogen-bond acceptors (Lipinski definition) is 4. The lowest BCUT2D eigenvalue weighted by molar-refractivity contribution is -0.133. The molecule has 1 heterocycles. The molecule has 18 heavy (non-hydrogen) atoms. The van der Waals surface area contributed by atoms with Gasteiger partial charge in [-0.25, -0.2) is 9.97 Å². The second-order valence-corrected chi connectivity index (χ2v) is 4.88. The van der Waals surface area contributed by atoms with Crippen LogP contribution in [0.15, 0.2) is 18.5 Å². The average molecular weight is 248 g/mol. The number of anilines is 1. The maximum absolute atomic E-state index is 12.1. The highest BCUT2D eigenvalue weighted by Gasteiger charge is 2.33. The Hall–Kier alpha value is -1.65. The van der Waals surface area contributed by atoms with Gasteiger partial charge in [-0.15, -0.1) is 0 Å². The molecule has 1 saturated carbocycles. The molecule has 1 aromatic rings. The van der Waals surface area contributed by atoms with Gasteiger partial charge < -0.3 is 10.2 Å². The Bertz CT molecular complexity index is 387. The molecule has 1 aliphatic rings. The lowest BCUT2D eigenvalue weighted by Crippen LogP contribution is -2.39. The van der Waals surface area contributed by atoms with Gasteiger partial charge in [-0.1, -0.05) is 0 Å². The number of carbonyl (C=O) groups is 1. The van der Waals surface area contributed by atoms with Gasteiger partial charge in [-0.05, 0) is 32.8 Å². The van der Waals surface area contributed by atoms with Crippen LogP contribution < -0.4 is 5.32 Å². The number of aromatic nitrogens is 2. The van der Waals surface area contributed by atoms with Gasteiger partial charge in [-0.3, -0.25) is 4.79 Å². The van der Waals surface area contributed by atoms with Gasteiger partial charge in [-0.2, -0.15) is 0 Å². The minimum atomic E-state index is 0.218. The van der Waals surface area contributed by atoms with Crippen LogP contribution in [0, 0.1) is 0 Å². The van der Waals surface area contributed by atoms with Gasteiger partial charge in [0.1, 0.15) is 0 Å². The van der Waals surface area contributed by atoms with Crippen LogP contribution >= 0.6 is 0 Å². The maximum Gasteiger partial charge on any atom is 0.224 e. The Labute approximate surface area is 108 Å². The van der Waals surface area contributed by atoms with E-state index in [0.717, 1.165) is 12.8 Å². The summed E-state index contributed by atoms with van der Waals surface area (Å²) < 4.78 is 0. The van der Waals surface area contributed by atoms with Crippen LogP contribution in [0.25, 0.3) is 0 Å². The molecule has 0 atom stereocenters. The standard InChI is InChI=1S/C13H20N4O/c1-10(2)17(11-4-5-11)12(18)6-9-16-13-14-7-3-8-15-13/h3,7-8,10-11H,4-6,9H2,1-2H3,(H,14,15,16). The van der Waals surface area contributed by atoms with E-state index in [1.54, 1.807) is 18.5 Å². The van der Waals surface area contributed by atoms with Gasteiger partial charge in [0, 0.05) is 37.4 Å². The summed E-state index contributed by atoms with van der Waals surface area (Å²) >= 11 is 0. The predicted octanol–water partition coefficient (Wildman–Crippen LogP) is 1.68. The second-order valence-electron chi connectivity index (χ2n) is 4.88. The molecule has 98 valence electrons. The molecule has 0 radical (unpaired) electrons. The molecule has 0 unspecified atom stereocenters. The third-order valence-corrected chi connectivity index (χ3v) is 2.97. The zero-order chi connectivity index (χ0) is 13.0. The van der Waals surface area contributed by atoms with Crippen molar-refractivity contribution >= 4 is 11.9 Å². The largest absolute Gasteiger partial charge is 0.354 e. The first kappa shape index (κ1) is 12.8. The third kappa shape index (κ3) is 3.42. The Morgan fingerprint density at radius 3 is 2.67 bits per heavy atom. The fourth-order valence-electron chi connectivity index (χ4n) is 2.07. The number of amides is 1. The highest BCUT2D eigenvalue weighted by molar-refractivity contribution is 5.77. The Morgan fingerprint density at radius 2 is 2.11 bits per heavy atom. The number of carbonyl (C=O) groups excluding carboxylic acids is 1. The van der Waals surface area contributed by atoms with E-state index in [1.807, 2.05) is 4.90 Å². The molecule has 5 heteroatoms. The summed E-state index contributed by atoms with van der Waals surface area (Å²) in [6.45, 7) is 4.73. The molecule has 1 N–H and O–H groups in total. The first-order valence-electron chi connectivity index (χ1n) is 6.50. The number of rotatable bonds is 6. The van der Waals surface area contributed by atoms with E-state index >= 15 is 0 Å². The lowest BCUT2D eigenvalue weighted by Gasteiger charge is -2.26. The van der Waals surface area contributed by atoms with E-state index < -0.39 is 0 Å². The molecule has 0 saturated heterocycles. The molecule has 0 aromatic carbocycles. The summed E-state index contributed by atoms with van der Waals surface area (Å²) in [7, 11) is 0. The van der Waals surface area contributed by atoms with Crippen molar-refractivity contribution in [2.75, 3.05) is 11.9 Å². The normalized spacial score (nSPS) is 14.6. The monoisotopic (exact) mass is 248 g/mol. The van der Waals surface area contributed by atoms with E-state index in [4.69, 9.17) is 0 Å². The van der Waals surface area contributed by atoms with Crippen LogP contribution in [0.2, 0.25) is 0 Å². The minimum absolute atomic E-state index is 0.218. The third-order valence-electron chi connectivity index (χ3n) is 2.97. The van der Waals surface area contributed by atoms with Gasteiger partial charge in [0.2, 0.25) is 11.9 Å². The van der Waals surface area contributed by atoms with E-state index in [1.165, 1.54) is 0 Å². The summed E-state index contributed by atoms with van der Waals surface area (Å²) in [5.74, 6) is 0.795. The molecular formula is C13H20N4O. The van der Waals surface area contributed by atoms with Crippen LogP contribution in [0.1, 0.15) is 33.1 Å². The van der Waals surface area contributed by atoms with Crippen molar-refractivity contribution in [3.05, 3.63) is 18.5 Å². The van der Waals surface area contributed by atoms with E-state index in [-0.39, 0.29) is 11.9 Å². The van der Waals surface area contributed by atoms with Crippen LogP contribution in [0.3, 0.4) is 0 Å². The van der Waals surface area contributed by atoms with Crippen molar-refractivity contribution in [2.45, 2.75) is 45.2 Å². The Morgan fingerprint density at radius 1 is 1.44 bits per heavy atom. The fraction of sp³-hybridized carbons (Fsp3) is 0.615. The molecule has 2 rings (SSSR count). The van der Waals surface area contributed by atoms with E-state index in [0.29, 0.717) is 25.0 Å². The first-order valence-corrected chi connectivity index (χ1v) is 6.50. The SMILES string of the molecule is CC(C)N(C(=O)CCNc1ncccn1)C1CC1. The molecule has 0 aliphatic heterocycles. The molecule has 1 fully saturated rings. The Kier molecular flexibility index (Phi) is 4.12. The van der Waals surface area contributed by atoms with Crippen molar-refractivity contribution in [1.82, 2.24) is 14.9 Å². The van der Waals surface area contributed by atoms with Crippen molar-refractivity contribution in [3.63, 3.8) is 0 Å². The summed E-state index contributed by atoms with van der Waals surface area (Å²) in [6.07, 6.45) is 6.16. The molecule has 1 amide bonds. The second kappa shape index (κ2) is 5.80. The van der Waals surface area contributed by atoms with Gasteiger partial charge in [0.05, 0.1) is 0 Å². The van der Waals surface area contributed by atoms with Gasteiger partial charge in [0.15, 0.2) is 0 Å². The predicted molar refractivity (Wildman–Crippen MR) is 70.1 cm³/mol. The highest BCUT2D eigenvalue weighted by atomic mass is 16.2. The fourth-order valence-corrected chi connectivity index (χ4v) is 2.07. The van der Waals surface area contributed by atoms with Crippen molar-refractivity contribution in [1.29, 1.82) is 0 Å². The zero-order valence-corrected chi connectivity index (χ0v) is 11.0. The van der Waals surface area contributed by atoms with Gasteiger partial charge in [0.25, 0.3) is 0 Å². The molecular weight excluding hydrogens is 228 g/mol. The van der Waals surface area contributed by atoms with E-state index in [2.05, 4.69) is 29.1 Å². The maximum atomic E-state index is 12.1. The molecule has 0 spiro atoms. The smallest absolute Gasteiger partial charge is 0.224 e. The highest BCUT2D eigenvalue weighted by Crippen LogP contribution is 2.29.